The van der Waals surface area contributed by atoms with Gasteiger partial charge < -0.3 is 28.8 Å². The Morgan fingerprint density at radius 2 is 1.67 bits per heavy atom. The molecule has 0 aliphatic rings. The van der Waals surface area contributed by atoms with Crippen molar-refractivity contribution in [2.75, 3.05) is 33.5 Å². The third-order valence-electron chi connectivity index (χ3n) is 4.69. The van der Waals surface area contributed by atoms with Crippen molar-refractivity contribution in [3.8, 4) is 23.0 Å². The average Bonchev–Trinajstić information content (AvgIpc) is 2.81. The van der Waals surface area contributed by atoms with Gasteiger partial charge in [0.1, 0.15) is 0 Å². The molecule has 7 heteroatoms. The summed E-state index contributed by atoms with van der Waals surface area (Å²) >= 11 is 0. The number of hydrogen-bond acceptors (Lipinski definition) is 7. The van der Waals surface area contributed by atoms with Crippen LogP contribution in [0.15, 0.2) is 42.2 Å². The maximum Gasteiger partial charge on any atom is 0.373 e. The van der Waals surface area contributed by atoms with Gasteiger partial charge in [0.05, 0.1) is 33.5 Å². The number of hydrogen-bond donors (Lipinski definition) is 1. The van der Waals surface area contributed by atoms with Crippen LogP contribution in [0.1, 0.15) is 44.7 Å². The van der Waals surface area contributed by atoms with Crippen molar-refractivity contribution >= 4 is 12.0 Å². The minimum absolute atomic E-state index is 0.103. The predicted octanol–water partition coefficient (Wildman–Crippen LogP) is 5.14. The highest BCUT2D eigenvalue weighted by molar-refractivity contribution is 5.91. The molecule has 0 aromatic heterocycles. The van der Waals surface area contributed by atoms with Gasteiger partial charge in [-0.2, -0.15) is 0 Å². The standard InChI is InChI=1S/C26H34O7/c1-5-8-14-32-24-17-20(18-25(30-6-2)26(28)31-7-3)10-12-22(24)33-15-13-19-9-11-21(27)23(16-19)29-4/h9-12,16-18,27H,5-8,13-15H2,1-4H3/b25-18-. The van der Waals surface area contributed by atoms with E-state index >= 15 is 0 Å². The molecule has 0 aliphatic carbocycles. The molecule has 180 valence electrons. The van der Waals surface area contributed by atoms with E-state index in [1.165, 1.54) is 7.11 Å². The molecule has 0 saturated carbocycles. The van der Waals surface area contributed by atoms with E-state index in [-0.39, 0.29) is 18.1 Å². The number of benzene rings is 2. The van der Waals surface area contributed by atoms with Crippen LogP contribution in [0, 0.1) is 0 Å². The fraction of sp³-hybridized carbons (Fsp3) is 0.423. The third-order valence-corrected chi connectivity index (χ3v) is 4.69. The Hall–Kier alpha value is -3.35. The normalized spacial score (nSPS) is 11.1. The minimum atomic E-state index is -0.502. The van der Waals surface area contributed by atoms with Crippen molar-refractivity contribution in [2.24, 2.45) is 0 Å². The van der Waals surface area contributed by atoms with Gasteiger partial charge in [0.25, 0.3) is 0 Å². The molecule has 2 aromatic rings. The SMILES string of the molecule is CCCCOc1cc(/C=C(\OCC)C(=O)OCC)ccc1OCCc1ccc(O)c(OC)c1. The average molecular weight is 459 g/mol. The summed E-state index contributed by atoms with van der Waals surface area (Å²) in [4.78, 5) is 12.1. The smallest absolute Gasteiger partial charge is 0.373 e. The number of ether oxygens (including phenoxy) is 5. The first-order valence-electron chi connectivity index (χ1n) is 11.3. The topological polar surface area (TPSA) is 83.5 Å². The highest BCUT2D eigenvalue weighted by Crippen LogP contribution is 2.31. The molecule has 2 aromatic carbocycles. The summed E-state index contributed by atoms with van der Waals surface area (Å²) in [6.45, 7) is 7.27. The molecule has 0 atom stereocenters. The van der Waals surface area contributed by atoms with Crippen LogP contribution in [-0.2, 0) is 20.7 Å². The number of unbranched alkanes of at least 4 members (excludes halogenated alkanes) is 1. The van der Waals surface area contributed by atoms with Crippen molar-refractivity contribution in [2.45, 2.75) is 40.0 Å². The molecule has 0 amide bonds. The van der Waals surface area contributed by atoms with E-state index in [1.54, 1.807) is 25.1 Å². The zero-order valence-corrected chi connectivity index (χ0v) is 19.9. The lowest BCUT2D eigenvalue weighted by atomic mass is 10.1. The highest BCUT2D eigenvalue weighted by atomic mass is 16.6. The molecule has 2 rings (SSSR count). The van der Waals surface area contributed by atoms with E-state index in [4.69, 9.17) is 23.7 Å². The zero-order valence-electron chi connectivity index (χ0n) is 19.9. The van der Waals surface area contributed by atoms with E-state index in [0.717, 1.165) is 24.0 Å². The molecule has 0 heterocycles. The van der Waals surface area contributed by atoms with Gasteiger partial charge in [-0.15, -0.1) is 0 Å². The lowest BCUT2D eigenvalue weighted by Gasteiger charge is -2.14. The lowest BCUT2D eigenvalue weighted by Crippen LogP contribution is -2.10. The fourth-order valence-electron chi connectivity index (χ4n) is 3.00. The van der Waals surface area contributed by atoms with Crippen molar-refractivity contribution in [3.63, 3.8) is 0 Å². The number of methoxy groups -OCH3 is 1. The molecular formula is C26H34O7. The van der Waals surface area contributed by atoms with Crippen molar-refractivity contribution in [1.82, 2.24) is 0 Å². The molecule has 0 bridgehead atoms. The molecule has 0 fully saturated rings. The Labute approximate surface area is 195 Å². The monoisotopic (exact) mass is 458 g/mol. The maximum atomic E-state index is 12.1. The van der Waals surface area contributed by atoms with Crippen LogP contribution in [-0.4, -0.2) is 44.6 Å². The van der Waals surface area contributed by atoms with Gasteiger partial charge in [0.15, 0.2) is 23.0 Å². The number of carbonyl (C=O) groups is 1. The first kappa shape index (κ1) is 25.9. The Morgan fingerprint density at radius 3 is 2.36 bits per heavy atom. The minimum Gasteiger partial charge on any atom is -0.504 e. The Balaban J connectivity index is 2.17. The Morgan fingerprint density at radius 1 is 0.909 bits per heavy atom. The number of phenolic OH excluding ortho intramolecular Hbond substituents is 1. The van der Waals surface area contributed by atoms with Crippen LogP contribution >= 0.6 is 0 Å². The highest BCUT2D eigenvalue weighted by Gasteiger charge is 2.13. The Kier molecular flexibility index (Phi) is 10.9. The van der Waals surface area contributed by atoms with Crippen LogP contribution in [0.3, 0.4) is 0 Å². The lowest BCUT2D eigenvalue weighted by molar-refractivity contribution is -0.142. The molecule has 1 N–H and O–H groups in total. The van der Waals surface area contributed by atoms with Crippen LogP contribution in [0.5, 0.6) is 23.0 Å². The first-order valence-corrected chi connectivity index (χ1v) is 11.3. The van der Waals surface area contributed by atoms with E-state index in [1.807, 2.05) is 31.2 Å². The number of aromatic hydroxyl groups is 1. The maximum absolute atomic E-state index is 12.1. The summed E-state index contributed by atoms with van der Waals surface area (Å²) in [7, 11) is 1.52. The number of phenols is 1. The summed E-state index contributed by atoms with van der Waals surface area (Å²) in [5.41, 5.74) is 1.72. The molecular weight excluding hydrogens is 424 g/mol. The fourth-order valence-corrected chi connectivity index (χ4v) is 3.00. The van der Waals surface area contributed by atoms with Crippen molar-refractivity contribution in [3.05, 3.63) is 53.3 Å². The summed E-state index contributed by atoms with van der Waals surface area (Å²) in [6.07, 6.45) is 4.19. The number of esters is 1. The number of carbonyl (C=O) groups excluding carboxylic acids is 1. The second kappa shape index (κ2) is 13.9. The molecule has 0 aliphatic heterocycles. The molecule has 0 saturated heterocycles. The van der Waals surface area contributed by atoms with Crippen LogP contribution in [0.2, 0.25) is 0 Å². The van der Waals surface area contributed by atoms with Gasteiger partial charge in [-0.05, 0) is 61.7 Å². The Bertz CT molecular complexity index is 921. The second-order valence-electron chi connectivity index (χ2n) is 7.17. The van der Waals surface area contributed by atoms with Gasteiger partial charge in [-0.25, -0.2) is 4.79 Å². The van der Waals surface area contributed by atoms with Crippen molar-refractivity contribution < 1.29 is 33.6 Å². The predicted molar refractivity (Wildman–Crippen MR) is 127 cm³/mol. The van der Waals surface area contributed by atoms with Gasteiger partial charge in [-0.1, -0.05) is 25.5 Å². The molecule has 7 nitrogen and oxygen atoms in total. The van der Waals surface area contributed by atoms with Crippen LogP contribution in [0.4, 0.5) is 0 Å². The molecule has 33 heavy (non-hydrogen) atoms. The summed E-state index contributed by atoms with van der Waals surface area (Å²) in [5, 5.41) is 9.75. The van der Waals surface area contributed by atoms with Gasteiger partial charge >= 0.3 is 5.97 Å². The molecule has 0 unspecified atom stereocenters. The van der Waals surface area contributed by atoms with E-state index in [9.17, 15) is 9.90 Å². The van der Waals surface area contributed by atoms with Gasteiger partial charge in [0, 0.05) is 6.42 Å². The summed E-state index contributed by atoms with van der Waals surface area (Å²) in [6, 6.07) is 10.7. The molecule has 0 radical (unpaired) electrons. The first-order chi connectivity index (χ1) is 16.0. The largest absolute Gasteiger partial charge is 0.504 e. The third kappa shape index (κ3) is 8.25. The van der Waals surface area contributed by atoms with Crippen LogP contribution < -0.4 is 14.2 Å². The zero-order chi connectivity index (χ0) is 24.1. The van der Waals surface area contributed by atoms with Gasteiger partial charge in [-0.3, -0.25) is 0 Å². The van der Waals surface area contributed by atoms with E-state index in [0.29, 0.717) is 43.5 Å². The second-order valence-corrected chi connectivity index (χ2v) is 7.17. The van der Waals surface area contributed by atoms with E-state index in [2.05, 4.69) is 6.92 Å². The number of rotatable bonds is 14. The van der Waals surface area contributed by atoms with Gasteiger partial charge in [0.2, 0.25) is 5.76 Å². The molecule has 0 spiro atoms. The summed E-state index contributed by atoms with van der Waals surface area (Å²) < 4.78 is 27.6. The van der Waals surface area contributed by atoms with Crippen LogP contribution in [0.25, 0.3) is 6.08 Å². The quantitative estimate of drug-likeness (QED) is 0.182. The van der Waals surface area contributed by atoms with Crippen molar-refractivity contribution in [1.29, 1.82) is 0 Å². The van der Waals surface area contributed by atoms with E-state index < -0.39 is 5.97 Å². The summed E-state index contributed by atoms with van der Waals surface area (Å²) in [5.74, 6) is 1.39.